The summed E-state index contributed by atoms with van der Waals surface area (Å²) in [7, 11) is 0. The molecular formula is C19H20F3N3O2. The van der Waals surface area contributed by atoms with Crippen LogP contribution in [0.3, 0.4) is 0 Å². The Hall–Kier alpha value is -3.03. The van der Waals surface area contributed by atoms with Gasteiger partial charge in [0.15, 0.2) is 0 Å². The summed E-state index contributed by atoms with van der Waals surface area (Å²) in [6, 6.07) is 12.8. The fourth-order valence-corrected chi connectivity index (χ4v) is 2.34. The topological polar surface area (TPSA) is 70.2 Å². The number of rotatable bonds is 6. The summed E-state index contributed by atoms with van der Waals surface area (Å²) in [5.74, 6) is -0.511. The number of nitrogens with one attached hydrogen (secondary N) is 3. The van der Waals surface area contributed by atoms with Crippen LogP contribution in [0.5, 0.6) is 0 Å². The van der Waals surface area contributed by atoms with Gasteiger partial charge in [-0.1, -0.05) is 30.3 Å². The van der Waals surface area contributed by atoms with Crippen LogP contribution < -0.4 is 16.0 Å². The summed E-state index contributed by atoms with van der Waals surface area (Å²) in [6.07, 6.45) is -4.44. The molecule has 3 N–H and O–H groups in total. The minimum Gasteiger partial charge on any atom is -0.350 e. The highest BCUT2D eigenvalue weighted by Crippen LogP contribution is 2.29. The van der Waals surface area contributed by atoms with Crippen molar-refractivity contribution in [2.75, 3.05) is 13.1 Å². The van der Waals surface area contributed by atoms with Crippen LogP contribution in [-0.4, -0.2) is 25.0 Å². The van der Waals surface area contributed by atoms with Crippen molar-refractivity contribution in [2.24, 2.45) is 0 Å². The van der Waals surface area contributed by atoms with E-state index < -0.39 is 17.6 Å². The maximum absolute atomic E-state index is 12.5. The molecule has 0 spiro atoms. The molecule has 3 amide bonds. The lowest BCUT2D eigenvalue weighted by atomic mass is 10.1. The average molecular weight is 379 g/mol. The number of benzene rings is 2. The standard InChI is InChI=1S/C19H20F3N3O2/c1-13(14-5-3-2-4-6-14)25-18(27)24-12-11-23-17(26)15-7-9-16(10-8-15)19(20,21)22/h2-10,13H,11-12H2,1H3,(H,23,26)(H2,24,25,27)/t13-/m0/s1. The maximum atomic E-state index is 12.5. The van der Waals surface area contributed by atoms with Crippen molar-refractivity contribution in [3.63, 3.8) is 0 Å². The van der Waals surface area contributed by atoms with Crippen molar-refractivity contribution in [1.29, 1.82) is 0 Å². The molecule has 0 saturated heterocycles. The van der Waals surface area contributed by atoms with Crippen LogP contribution in [0.1, 0.15) is 34.5 Å². The highest BCUT2D eigenvalue weighted by Gasteiger charge is 2.30. The number of carbonyl (C=O) groups is 2. The summed E-state index contributed by atoms with van der Waals surface area (Å²) in [4.78, 5) is 23.7. The molecule has 2 rings (SSSR count). The molecule has 0 bridgehead atoms. The smallest absolute Gasteiger partial charge is 0.350 e. The second-order valence-electron chi connectivity index (χ2n) is 5.86. The van der Waals surface area contributed by atoms with E-state index in [2.05, 4.69) is 16.0 Å². The van der Waals surface area contributed by atoms with Gasteiger partial charge in [-0.2, -0.15) is 13.2 Å². The third-order valence-corrected chi connectivity index (χ3v) is 3.82. The molecule has 27 heavy (non-hydrogen) atoms. The van der Waals surface area contributed by atoms with E-state index in [1.165, 1.54) is 0 Å². The lowest BCUT2D eigenvalue weighted by Gasteiger charge is -2.15. The zero-order valence-electron chi connectivity index (χ0n) is 14.6. The van der Waals surface area contributed by atoms with E-state index in [-0.39, 0.29) is 30.7 Å². The molecule has 1 atom stereocenters. The second kappa shape index (κ2) is 9.07. The first-order valence-electron chi connectivity index (χ1n) is 8.32. The monoisotopic (exact) mass is 379 g/mol. The SMILES string of the molecule is C[C@H](NC(=O)NCCNC(=O)c1ccc(C(F)(F)F)cc1)c1ccccc1. The van der Waals surface area contributed by atoms with Gasteiger partial charge in [-0.3, -0.25) is 4.79 Å². The van der Waals surface area contributed by atoms with Crippen molar-refractivity contribution in [2.45, 2.75) is 19.1 Å². The Kier molecular flexibility index (Phi) is 6.81. The summed E-state index contributed by atoms with van der Waals surface area (Å²) in [6.45, 7) is 2.17. The Labute approximate surface area is 155 Å². The van der Waals surface area contributed by atoms with Gasteiger partial charge in [0, 0.05) is 18.7 Å². The predicted octanol–water partition coefficient (Wildman–Crippen LogP) is 3.50. The molecule has 8 heteroatoms. The first-order chi connectivity index (χ1) is 12.8. The minimum atomic E-state index is -4.44. The van der Waals surface area contributed by atoms with Gasteiger partial charge in [0.25, 0.3) is 5.91 Å². The largest absolute Gasteiger partial charge is 0.416 e. The normalized spacial score (nSPS) is 12.1. The molecule has 2 aromatic rings. The van der Waals surface area contributed by atoms with Gasteiger partial charge < -0.3 is 16.0 Å². The molecule has 5 nitrogen and oxygen atoms in total. The van der Waals surface area contributed by atoms with Crippen LogP contribution in [0.15, 0.2) is 54.6 Å². The first kappa shape index (κ1) is 20.3. The first-order valence-corrected chi connectivity index (χ1v) is 8.32. The molecule has 2 aromatic carbocycles. The molecule has 0 unspecified atom stereocenters. The Bertz CT molecular complexity index is 762. The van der Waals surface area contributed by atoms with Crippen LogP contribution in [0.2, 0.25) is 0 Å². The highest BCUT2D eigenvalue weighted by molar-refractivity contribution is 5.94. The number of amides is 3. The van der Waals surface area contributed by atoms with E-state index in [4.69, 9.17) is 0 Å². The van der Waals surface area contributed by atoms with Gasteiger partial charge in [-0.15, -0.1) is 0 Å². The molecule has 0 heterocycles. The van der Waals surface area contributed by atoms with E-state index in [0.29, 0.717) is 0 Å². The highest BCUT2D eigenvalue weighted by atomic mass is 19.4. The minimum absolute atomic E-state index is 0.116. The molecule has 0 saturated carbocycles. The lowest BCUT2D eigenvalue weighted by molar-refractivity contribution is -0.137. The Morgan fingerprint density at radius 1 is 0.926 bits per heavy atom. The average Bonchev–Trinajstić information content (AvgIpc) is 2.65. The molecule has 0 aliphatic heterocycles. The lowest BCUT2D eigenvalue weighted by Crippen LogP contribution is -2.41. The maximum Gasteiger partial charge on any atom is 0.416 e. The summed E-state index contributed by atoms with van der Waals surface area (Å²) in [5.41, 5.74) is 0.262. The van der Waals surface area contributed by atoms with Crippen molar-refractivity contribution in [3.05, 3.63) is 71.3 Å². The van der Waals surface area contributed by atoms with Crippen molar-refractivity contribution < 1.29 is 22.8 Å². The molecule has 0 aliphatic rings. The number of urea groups is 1. The molecule has 144 valence electrons. The van der Waals surface area contributed by atoms with Gasteiger partial charge >= 0.3 is 12.2 Å². The van der Waals surface area contributed by atoms with Crippen molar-refractivity contribution >= 4 is 11.9 Å². The molecular weight excluding hydrogens is 359 g/mol. The van der Waals surface area contributed by atoms with Crippen molar-refractivity contribution in [1.82, 2.24) is 16.0 Å². The molecule has 0 fully saturated rings. The van der Waals surface area contributed by atoms with Crippen LogP contribution in [0, 0.1) is 0 Å². The third-order valence-electron chi connectivity index (χ3n) is 3.82. The van der Waals surface area contributed by atoms with E-state index in [9.17, 15) is 22.8 Å². The van der Waals surface area contributed by atoms with Crippen LogP contribution in [-0.2, 0) is 6.18 Å². The Balaban J connectivity index is 1.71. The summed E-state index contributed by atoms with van der Waals surface area (Å²) >= 11 is 0. The fraction of sp³-hybridized carbons (Fsp3) is 0.263. The number of halogens is 3. The fourth-order valence-electron chi connectivity index (χ4n) is 2.34. The molecule has 0 radical (unpaired) electrons. The summed E-state index contributed by atoms with van der Waals surface area (Å²) in [5, 5.41) is 7.91. The number of hydrogen-bond donors (Lipinski definition) is 3. The van der Waals surface area contributed by atoms with Crippen molar-refractivity contribution in [3.8, 4) is 0 Å². The number of hydrogen-bond acceptors (Lipinski definition) is 2. The Morgan fingerprint density at radius 2 is 1.52 bits per heavy atom. The van der Waals surface area contributed by atoms with Gasteiger partial charge in [0.05, 0.1) is 11.6 Å². The number of carbonyl (C=O) groups excluding carboxylic acids is 2. The summed E-state index contributed by atoms with van der Waals surface area (Å²) < 4.78 is 37.5. The third kappa shape index (κ3) is 6.32. The van der Waals surface area contributed by atoms with E-state index in [0.717, 1.165) is 29.8 Å². The van der Waals surface area contributed by atoms with E-state index >= 15 is 0 Å². The molecule has 0 aromatic heterocycles. The van der Waals surface area contributed by atoms with E-state index in [1.807, 2.05) is 37.3 Å². The van der Waals surface area contributed by atoms with Crippen LogP contribution >= 0.6 is 0 Å². The quantitative estimate of drug-likeness (QED) is 0.673. The Morgan fingerprint density at radius 3 is 2.11 bits per heavy atom. The van der Waals surface area contributed by atoms with Gasteiger partial charge in [0.2, 0.25) is 0 Å². The van der Waals surface area contributed by atoms with Gasteiger partial charge in [0.1, 0.15) is 0 Å². The zero-order chi connectivity index (χ0) is 19.9. The van der Waals surface area contributed by atoms with Gasteiger partial charge in [-0.05, 0) is 36.8 Å². The number of alkyl halides is 3. The van der Waals surface area contributed by atoms with E-state index in [1.54, 1.807) is 0 Å². The van der Waals surface area contributed by atoms with Crippen LogP contribution in [0.25, 0.3) is 0 Å². The predicted molar refractivity (Wildman–Crippen MR) is 95.2 cm³/mol. The van der Waals surface area contributed by atoms with Gasteiger partial charge in [-0.25, -0.2) is 4.79 Å². The zero-order valence-corrected chi connectivity index (χ0v) is 14.6. The second-order valence-corrected chi connectivity index (χ2v) is 5.86. The molecule has 0 aliphatic carbocycles. The van der Waals surface area contributed by atoms with Crippen LogP contribution in [0.4, 0.5) is 18.0 Å².